The van der Waals surface area contributed by atoms with Gasteiger partial charge in [0.15, 0.2) is 5.03 Å². The van der Waals surface area contributed by atoms with Crippen LogP contribution in [0, 0.1) is 5.92 Å². The molecule has 10 heteroatoms. The number of hydrogen-bond donors (Lipinski definition) is 1. The number of aromatic amines is 1. The molecule has 2 rings (SSSR count). The van der Waals surface area contributed by atoms with Crippen molar-refractivity contribution in [3.8, 4) is 0 Å². The van der Waals surface area contributed by atoms with E-state index in [1.807, 2.05) is 0 Å². The first-order chi connectivity index (χ1) is 9.26. The second-order valence-electron chi connectivity index (χ2n) is 4.60. The van der Waals surface area contributed by atoms with E-state index in [1.54, 1.807) is 0 Å². The zero-order valence-electron chi connectivity index (χ0n) is 10.3. The molecule has 0 aliphatic carbocycles. The molecule has 1 atom stereocenters. The SMILES string of the molecule is O=S(=O)(c1[nH]ncc1CCl)N1CCCC(C(F)(F)F)C1. The normalized spacial score (nSPS) is 22.1. The molecule has 1 fully saturated rings. The van der Waals surface area contributed by atoms with Crippen LogP contribution in [0.25, 0.3) is 0 Å². The summed E-state index contributed by atoms with van der Waals surface area (Å²) in [6, 6.07) is 0. The number of piperidine rings is 1. The van der Waals surface area contributed by atoms with Gasteiger partial charge >= 0.3 is 6.18 Å². The zero-order valence-corrected chi connectivity index (χ0v) is 11.9. The first-order valence-corrected chi connectivity index (χ1v) is 7.89. The number of nitrogens with one attached hydrogen (secondary N) is 1. The van der Waals surface area contributed by atoms with Gasteiger partial charge in [0.05, 0.1) is 18.0 Å². The summed E-state index contributed by atoms with van der Waals surface area (Å²) in [5, 5.41) is 5.66. The second-order valence-corrected chi connectivity index (χ2v) is 6.74. The largest absolute Gasteiger partial charge is 0.393 e. The Morgan fingerprint density at radius 1 is 1.50 bits per heavy atom. The molecule has 0 amide bonds. The molecule has 1 aliphatic rings. The molecule has 0 radical (unpaired) electrons. The molecule has 114 valence electrons. The van der Waals surface area contributed by atoms with E-state index >= 15 is 0 Å². The Balaban J connectivity index is 2.26. The molecule has 20 heavy (non-hydrogen) atoms. The van der Waals surface area contributed by atoms with Gasteiger partial charge in [-0.25, -0.2) is 8.42 Å². The summed E-state index contributed by atoms with van der Waals surface area (Å²) in [5.41, 5.74) is 0.251. The minimum atomic E-state index is -4.39. The predicted molar refractivity (Wildman–Crippen MR) is 65.7 cm³/mol. The minimum Gasteiger partial charge on any atom is -0.266 e. The smallest absolute Gasteiger partial charge is 0.266 e. The van der Waals surface area contributed by atoms with E-state index < -0.39 is 28.7 Å². The summed E-state index contributed by atoms with van der Waals surface area (Å²) in [6.07, 6.45) is -3.02. The van der Waals surface area contributed by atoms with Gasteiger partial charge in [0.25, 0.3) is 10.0 Å². The standard InChI is InChI=1S/C10H13ClF3N3O2S/c11-4-7-5-15-16-9(7)20(18,19)17-3-1-2-8(6-17)10(12,13)14/h5,8H,1-4,6H2,(H,15,16). The van der Waals surface area contributed by atoms with E-state index in [0.29, 0.717) is 0 Å². The van der Waals surface area contributed by atoms with Crippen LogP contribution in [-0.2, 0) is 15.9 Å². The van der Waals surface area contributed by atoms with Gasteiger partial charge in [0.1, 0.15) is 0 Å². The minimum absolute atomic E-state index is 0.0547. The summed E-state index contributed by atoms with van der Waals surface area (Å²) < 4.78 is 63.7. The van der Waals surface area contributed by atoms with Gasteiger partial charge in [-0.05, 0) is 12.8 Å². The lowest BCUT2D eigenvalue weighted by atomic mass is 9.99. The summed E-state index contributed by atoms with van der Waals surface area (Å²) in [4.78, 5) is 0. The molecule has 0 bridgehead atoms. The van der Waals surface area contributed by atoms with Gasteiger partial charge in [0, 0.05) is 18.7 Å². The third kappa shape index (κ3) is 2.94. The van der Waals surface area contributed by atoms with Gasteiger partial charge in [-0.15, -0.1) is 11.6 Å². The number of halogens is 4. The predicted octanol–water partition coefficient (Wildman–Crippen LogP) is 2.11. The number of aromatic nitrogens is 2. The van der Waals surface area contributed by atoms with Crippen LogP contribution in [0.5, 0.6) is 0 Å². The van der Waals surface area contributed by atoms with Crippen LogP contribution in [0.15, 0.2) is 11.2 Å². The highest BCUT2D eigenvalue weighted by Crippen LogP contribution is 2.35. The van der Waals surface area contributed by atoms with Crippen molar-refractivity contribution in [2.75, 3.05) is 13.1 Å². The maximum Gasteiger partial charge on any atom is 0.393 e. The molecule has 1 aromatic heterocycles. The number of sulfonamides is 1. The zero-order chi connectivity index (χ0) is 15.0. The molecular formula is C10H13ClF3N3O2S. The fourth-order valence-electron chi connectivity index (χ4n) is 2.17. The van der Waals surface area contributed by atoms with Crippen LogP contribution in [-0.4, -0.2) is 42.2 Å². The van der Waals surface area contributed by atoms with Crippen molar-refractivity contribution in [2.24, 2.45) is 5.92 Å². The van der Waals surface area contributed by atoms with Crippen molar-refractivity contribution in [2.45, 2.75) is 29.9 Å². The van der Waals surface area contributed by atoms with E-state index in [2.05, 4.69) is 10.2 Å². The van der Waals surface area contributed by atoms with E-state index in [0.717, 1.165) is 4.31 Å². The average molecular weight is 332 g/mol. The lowest BCUT2D eigenvalue weighted by Crippen LogP contribution is -2.44. The van der Waals surface area contributed by atoms with Crippen LogP contribution in [0.2, 0.25) is 0 Å². The third-order valence-electron chi connectivity index (χ3n) is 3.27. The molecular weight excluding hydrogens is 319 g/mol. The topological polar surface area (TPSA) is 66.1 Å². The molecule has 1 aromatic rings. The molecule has 0 aromatic carbocycles. The highest BCUT2D eigenvalue weighted by molar-refractivity contribution is 7.89. The van der Waals surface area contributed by atoms with Crippen molar-refractivity contribution >= 4 is 21.6 Å². The van der Waals surface area contributed by atoms with Crippen molar-refractivity contribution in [1.29, 1.82) is 0 Å². The van der Waals surface area contributed by atoms with Crippen LogP contribution in [0.3, 0.4) is 0 Å². The van der Waals surface area contributed by atoms with Crippen molar-refractivity contribution in [1.82, 2.24) is 14.5 Å². The quantitative estimate of drug-likeness (QED) is 0.863. The molecule has 1 aliphatic heterocycles. The van der Waals surface area contributed by atoms with E-state index in [9.17, 15) is 21.6 Å². The van der Waals surface area contributed by atoms with Gasteiger partial charge < -0.3 is 0 Å². The molecule has 1 saturated heterocycles. The van der Waals surface area contributed by atoms with E-state index in [-0.39, 0.29) is 35.9 Å². The van der Waals surface area contributed by atoms with E-state index in [4.69, 9.17) is 11.6 Å². The monoisotopic (exact) mass is 331 g/mol. The second kappa shape index (κ2) is 5.53. The molecule has 0 saturated carbocycles. The summed E-state index contributed by atoms with van der Waals surface area (Å²) in [5.74, 6) is -1.71. The van der Waals surface area contributed by atoms with Gasteiger partial charge in [-0.2, -0.15) is 22.6 Å². The van der Waals surface area contributed by atoms with Crippen LogP contribution >= 0.6 is 11.6 Å². The Morgan fingerprint density at radius 3 is 2.80 bits per heavy atom. The number of H-pyrrole nitrogens is 1. The summed E-state index contributed by atoms with van der Waals surface area (Å²) in [7, 11) is -4.02. The maximum absolute atomic E-state index is 12.7. The fraction of sp³-hybridized carbons (Fsp3) is 0.700. The highest BCUT2D eigenvalue weighted by atomic mass is 35.5. The van der Waals surface area contributed by atoms with Gasteiger partial charge in [-0.1, -0.05) is 0 Å². The molecule has 0 spiro atoms. The fourth-order valence-corrected chi connectivity index (χ4v) is 4.08. The number of hydrogen-bond acceptors (Lipinski definition) is 3. The Kier molecular flexibility index (Phi) is 4.31. The van der Waals surface area contributed by atoms with Crippen molar-refractivity contribution in [3.05, 3.63) is 11.8 Å². The van der Waals surface area contributed by atoms with Crippen molar-refractivity contribution < 1.29 is 21.6 Å². The highest BCUT2D eigenvalue weighted by Gasteiger charge is 2.44. The Labute approximate surface area is 119 Å². The number of rotatable bonds is 3. The average Bonchev–Trinajstić information content (AvgIpc) is 2.87. The number of alkyl halides is 4. The number of nitrogens with zero attached hydrogens (tertiary/aromatic N) is 2. The lowest BCUT2D eigenvalue weighted by molar-refractivity contribution is -0.182. The van der Waals surface area contributed by atoms with Crippen molar-refractivity contribution in [3.63, 3.8) is 0 Å². The Morgan fingerprint density at radius 2 is 2.20 bits per heavy atom. The Hall–Kier alpha value is -0.800. The molecule has 1 N–H and O–H groups in total. The first-order valence-electron chi connectivity index (χ1n) is 5.92. The van der Waals surface area contributed by atoms with E-state index in [1.165, 1.54) is 6.20 Å². The van der Waals surface area contributed by atoms with Crippen LogP contribution in [0.1, 0.15) is 18.4 Å². The Bertz CT molecular complexity index is 573. The molecule has 2 heterocycles. The van der Waals surface area contributed by atoms with Crippen LogP contribution in [0.4, 0.5) is 13.2 Å². The van der Waals surface area contributed by atoms with Crippen LogP contribution < -0.4 is 0 Å². The summed E-state index contributed by atoms with van der Waals surface area (Å²) >= 11 is 5.60. The molecule has 5 nitrogen and oxygen atoms in total. The lowest BCUT2D eigenvalue weighted by Gasteiger charge is -2.32. The maximum atomic E-state index is 12.7. The van der Waals surface area contributed by atoms with Gasteiger partial charge in [0.2, 0.25) is 0 Å². The third-order valence-corrected chi connectivity index (χ3v) is 5.44. The van der Waals surface area contributed by atoms with Gasteiger partial charge in [-0.3, -0.25) is 5.10 Å². The first kappa shape index (κ1) is 15.6. The molecule has 1 unspecified atom stereocenters. The summed E-state index contributed by atoms with van der Waals surface area (Å²) in [6.45, 7) is -0.498.